The highest BCUT2D eigenvalue weighted by Crippen LogP contribution is 2.33. The summed E-state index contributed by atoms with van der Waals surface area (Å²) in [6.45, 7) is 4.83. The fraction of sp³-hybridized carbons (Fsp3) is 0.520. The monoisotopic (exact) mass is 547 g/mol. The van der Waals surface area contributed by atoms with Crippen LogP contribution in [-0.2, 0) is 28.3 Å². The van der Waals surface area contributed by atoms with Gasteiger partial charge in [-0.15, -0.1) is 10.1 Å². The van der Waals surface area contributed by atoms with Gasteiger partial charge in [0.2, 0.25) is 10.0 Å². The minimum absolute atomic E-state index is 0.0461. The van der Waals surface area contributed by atoms with Gasteiger partial charge in [-0.05, 0) is 55.4 Å². The molecule has 2 aromatic heterocycles. The lowest BCUT2D eigenvalue weighted by molar-refractivity contribution is -0.759. The van der Waals surface area contributed by atoms with Gasteiger partial charge in [0, 0.05) is 26.3 Å². The van der Waals surface area contributed by atoms with E-state index in [2.05, 4.69) is 16.7 Å². The average molecular weight is 548 g/mol. The van der Waals surface area contributed by atoms with Gasteiger partial charge in [0.1, 0.15) is 17.1 Å². The van der Waals surface area contributed by atoms with E-state index in [0.717, 1.165) is 24.8 Å². The lowest BCUT2D eigenvalue weighted by atomic mass is 9.99. The number of aryl methyl sites for hydroxylation is 2. The quantitative estimate of drug-likeness (QED) is 0.284. The normalized spacial score (nSPS) is 15.1. The molecule has 0 aliphatic carbocycles. The summed E-state index contributed by atoms with van der Waals surface area (Å²) in [6.07, 6.45) is 5.20. The number of H-pyrrole nitrogens is 1. The zero-order valence-electron chi connectivity index (χ0n) is 21.8. The van der Waals surface area contributed by atoms with Crippen LogP contribution in [0.1, 0.15) is 45.1 Å². The second-order valence-corrected chi connectivity index (χ2v) is 11.4. The van der Waals surface area contributed by atoms with E-state index in [4.69, 9.17) is 9.72 Å². The van der Waals surface area contributed by atoms with Gasteiger partial charge in [0.15, 0.2) is 0 Å². The number of ether oxygens (including phenoxy) is 1. The summed E-state index contributed by atoms with van der Waals surface area (Å²) in [4.78, 5) is 35.6. The van der Waals surface area contributed by atoms with Crippen molar-refractivity contribution in [1.29, 1.82) is 0 Å². The van der Waals surface area contributed by atoms with Crippen molar-refractivity contribution in [3.05, 3.63) is 50.4 Å². The summed E-state index contributed by atoms with van der Waals surface area (Å²) in [5.41, 5.74) is 2.06. The number of aromatic amines is 1. The third kappa shape index (κ3) is 5.68. The summed E-state index contributed by atoms with van der Waals surface area (Å²) >= 11 is 0. The highest BCUT2D eigenvalue weighted by molar-refractivity contribution is 7.89. The molecule has 0 atom stereocenters. The van der Waals surface area contributed by atoms with Gasteiger partial charge in [-0.3, -0.25) is 4.79 Å². The number of piperidine rings is 1. The van der Waals surface area contributed by atoms with Crippen molar-refractivity contribution in [1.82, 2.24) is 18.8 Å². The topological polar surface area (TPSA) is 150 Å². The maximum Gasteiger partial charge on any atom is 0.294 e. The van der Waals surface area contributed by atoms with E-state index < -0.39 is 15.1 Å². The maximum atomic E-state index is 13.5. The van der Waals surface area contributed by atoms with Crippen LogP contribution in [0.2, 0.25) is 0 Å². The highest BCUT2D eigenvalue weighted by atomic mass is 32.2. The number of hydrogen-bond acceptors (Lipinski definition) is 8. The first-order valence-corrected chi connectivity index (χ1v) is 14.2. The molecule has 1 aliphatic heterocycles. The van der Waals surface area contributed by atoms with Crippen molar-refractivity contribution in [3.63, 3.8) is 0 Å². The van der Waals surface area contributed by atoms with E-state index in [1.54, 1.807) is 17.7 Å². The molecular formula is C25H33N5O7S. The summed E-state index contributed by atoms with van der Waals surface area (Å²) in [6, 6.07) is 4.58. The molecule has 1 fully saturated rings. The van der Waals surface area contributed by atoms with Crippen LogP contribution in [0.15, 0.2) is 34.1 Å². The molecule has 0 spiro atoms. The van der Waals surface area contributed by atoms with Crippen LogP contribution in [-0.4, -0.2) is 58.6 Å². The third-order valence-corrected chi connectivity index (χ3v) is 8.61. The molecule has 3 heterocycles. The Morgan fingerprint density at radius 3 is 2.61 bits per heavy atom. The Morgan fingerprint density at radius 1 is 1.21 bits per heavy atom. The lowest BCUT2D eigenvalue weighted by Gasteiger charge is -2.30. The number of rotatable bonds is 11. The third-order valence-electron chi connectivity index (χ3n) is 6.72. The molecule has 0 bridgehead atoms. The van der Waals surface area contributed by atoms with Gasteiger partial charge in [0.05, 0.1) is 29.2 Å². The molecule has 1 N–H and O–H groups in total. The highest BCUT2D eigenvalue weighted by Gasteiger charge is 2.31. The molecule has 13 heteroatoms. The van der Waals surface area contributed by atoms with E-state index in [1.165, 1.54) is 16.4 Å². The number of fused-ring (bicyclic) bond motifs is 1. The largest absolute Gasteiger partial charge is 0.493 e. The van der Waals surface area contributed by atoms with Gasteiger partial charge in [-0.2, -0.15) is 4.31 Å². The van der Waals surface area contributed by atoms with Crippen molar-refractivity contribution in [3.8, 4) is 17.1 Å². The first kappa shape index (κ1) is 27.6. The molecule has 0 unspecified atom stereocenters. The molecule has 0 radical (unpaired) electrons. The molecule has 206 valence electrons. The maximum absolute atomic E-state index is 13.5. The average Bonchev–Trinajstić information content (AvgIpc) is 3.21. The Hall–Kier alpha value is -3.45. The summed E-state index contributed by atoms with van der Waals surface area (Å²) in [5.74, 6) is 0.582. The number of benzene rings is 1. The minimum atomic E-state index is -3.87. The smallest absolute Gasteiger partial charge is 0.294 e. The zero-order chi connectivity index (χ0) is 27.4. The number of sulfonamides is 1. The van der Waals surface area contributed by atoms with Crippen molar-refractivity contribution in [2.45, 2.75) is 50.8 Å². The predicted molar refractivity (Wildman–Crippen MR) is 141 cm³/mol. The molecular weight excluding hydrogens is 514 g/mol. The summed E-state index contributed by atoms with van der Waals surface area (Å²) in [7, 11) is -2.07. The van der Waals surface area contributed by atoms with E-state index >= 15 is 0 Å². The molecule has 0 amide bonds. The Kier molecular flexibility index (Phi) is 8.36. The fourth-order valence-corrected chi connectivity index (χ4v) is 6.28. The molecule has 3 aromatic rings. The molecule has 1 aliphatic rings. The fourth-order valence-electron chi connectivity index (χ4n) is 4.78. The van der Waals surface area contributed by atoms with Crippen LogP contribution >= 0.6 is 0 Å². The summed E-state index contributed by atoms with van der Waals surface area (Å²) < 4.78 is 36.1. The first-order chi connectivity index (χ1) is 18.1. The van der Waals surface area contributed by atoms with E-state index in [0.29, 0.717) is 41.8 Å². The Labute approximate surface area is 220 Å². The predicted octanol–water partition coefficient (Wildman–Crippen LogP) is 3.28. The van der Waals surface area contributed by atoms with Gasteiger partial charge in [0.25, 0.3) is 10.6 Å². The van der Waals surface area contributed by atoms with E-state index in [1.807, 2.05) is 13.1 Å². The van der Waals surface area contributed by atoms with E-state index in [9.17, 15) is 23.3 Å². The number of hydrogen-bond donors (Lipinski definition) is 1. The molecule has 1 aromatic carbocycles. The van der Waals surface area contributed by atoms with Gasteiger partial charge in [-0.1, -0.05) is 20.3 Å². The van der Waals surface area contributed by atoms with E-state index in [-0.39, 0.29) is 41.9 Å². The Morgan fingerprint density at radius 2 is 1.95 bits per heavy atom. The van der Waals surface area contributed by atoms with Crippen molar-refractivity contribution in [2.75, 3.05) is 26.3 Å². The van der Waals surface area contributed by atoms with Crippen molar-refractivity contribution < 1.29 is 23.1 Å². The molecule has 0 saturated carbocycles. The van der Waals surface area contributed by atoms with Crippen molar-refractivity contribution >= 4 is 21.1 Å². The van der Waals surface area contributed by atoms with Gasteiger partial charge >= 0.3 is 0 Å². The molecule has 4 rings (SSSR count). The molecule has 1 saturated heterocycles. The van der Waals surface area contributed by atoms with Crippen LogP contribution in [0, 0.1) is 16.0 Å². The molecule has 38 heavy (non-hydrogen) atoms. The second kappa shape index (κ2) is 11.5. The standard InChI is InChI=1S/C25H33N5O7S/c1-4-6-18-15-28(3)23-22(18)26-24(27-25(23)31)20-14-19(7-8-21(20)36-13-5-2)38(34,35)29-11-9-17(10-12-29)16-37-30(32)33/h7-8,14-15,17H,4-6,9-13,16H2,1-3H3,(H,26,27,31). The SMILES string of the molecule is CCCOc1ccc(S(=O)(=O)N2CCC(CO[N+](=O)[O-])CC2)cc1-c1nc2c(CCC)cn(C)c2c(=O)[nH]1. The second-order valence-electron chi connectivity index (χ2n) is 9.50. The number of nitrogens with zero attached hydrogens (tertiary/aromatic N) is 4. The van der Waals surface area contributed by atoms with Crippen LogP contribution < -0.4 is 10.3 Å². The van der Waals surface area contributed by atoms with Gasteiger partial charge in [-0.25, -0.2) is 13.4 Å². The van der Waals surface area contributed by atoms with Crippen molar-refractivity contribution in [2.24, 2.45) is 13.0 Å². The van der Waals surface area contributed by atoms with Crippen LogP contribution in [0.25, 0.3) is 22.4 Å². The van der Waals surface area contributed by atoms with Crippen LogP contribution in [0.5, 0.6) is 5.75 Å². The summed E-state index contributed by atoms with van der Waals surface area (Å²) in [5, 5.41) is 9.65. The zero-order valence-corrected chi connectivity index (χ0v) is 22.6. The first-order valence-electron chi connectivity index (χ1n) is 12.8. The molecule has 12 nitrogen and oxygen atoms in total. The van der Waals surface area contributed by atoms with Crippen LogP contribution in [0.3, 0.4) is 0 Å². The Balaban J connectivity index is 1.71. The Bertz CT molecular complexity index is 1470. The number of aromatic nitrogens is 3. The van der Waals surface area contributed by atoms with Gasteiger partial charge < -0.3 is 19.1 Å². The number of nitrogens with one attached hydrogen (secondary N) is 1. The minimum Gasteiger partial charge on any atom is -0.493 e. The lowest BCUT2D eigenvalue weighted by Crippen LogP contribution is -2.39. The van der Waals surface area contributed by atoms with Crippen LogP contribution in [0.4, 0.5) is 0 Å².